The van der Waals surface area contributed by atoms with Gasteiger partial charge in [-0.2, -0.15) is 0 Å². The maximum absolute atomic E-state index is 5.96. The van der Waals surface area contributed by atoms with Gasteiger partial charge in [-0.25, -0.2) is 9.97 Å². The van der Waals surface area contributed by atoms with Gasteiger partial charge in [0, 0.05) is 26.1 Å². The molecule has 3 nitrogen and oxygen atoms in total. The standard InChI is InChI=1S/C12H20ClN3/c1-4-6-7-8-16(3)12-9-10(13)14-11(5-2)15-12/h9H,4-8H2,1-3H3. The van der Waals surface area contributed by atoms with E-state index in [1.165, 1.54) is 19.3 Å². The first-order valence-electron chi connectivity index (χ1n) is 5.92. The van der Waals surface area contributed by atoms with Crippen LogP contribution in [0.4, 0.5) is 5.82 Å². The number of unbranched alkanes of at least 4 members (excludes halogenated alkanes) is 2. The summed E-state index contributed by atoms with van der Waals surface area (Å²) >= 11 is 5.96. The van der Waals surface area contributed by atoms with Crippen molar-refractivity contribution in [3.8, 4) is 0 Å². The summed E-state index contributed by atoms with van der Waals surface area (Å²) in [7, 11) is 2.05. The Balaban J connectivity index is 2.66. The molecule has 0 amide bonds. The van der Waals surface area contributed by atoms with Crippen molar-refractivity contribution in [1.29, 1.82) is 0 Å². The maximum Gasteiger partial charge on any atom is 0.134 e. The number of aromatic nitrogens is 2. The minimum absolute atomic E-state index is 0.532. The lowest BCUT2D eigenvalue weighted by Crippen LogP contribution is -2.20. The molecule has 0 atom stereocenters. The first kappa shape index (κ1) is 13.2. The first-order chi connectivity index (χ1) is 7.67. The number of rotatable bonds is 6. The van der Waals surface area contributed by atoms with Crippen molar-refractivity contribution in [2.75, 3.05) is 18.5 Å². The van der Waals surface area contributed by atoms with Crippen LogP contribution in [-0.2, 0) is 6.42 Å². The molecule has 1 heterocycles. The van der Waals surface area contributed by atoms with Crippen molar-refractivity contribution in [3.63, 3.8) is 0 Å². The predicted molar refractivity (Wildman–Crippen MR) is 69.2 cm³/mol. The number of aryl methyl sites for hydroxylation is 1. The minimum Gasteiger partial charge on any atom is -0.360 e. The Morgan fingerprint density at radius 1 is 1.25 bits per heavy atom. The first-order valence-corrected chi connectivity index (χ1v) is 6.29. The van der Waals surface area contributed by atoms with Crippen LogP contribution in [0.2, 0.25) is 5.15 Å². The van der Waals surface area contributed by atoms with Gasteiger partial charge in [-0.1, -0.05) is 38.3 Å². The monoisotopic (exact) mass is 241 g/mol. The van der Waals surface area contributed by atoms with Crippen LogP contribution >= 0.6 is 11.6 Å². The van der Waals surface area contributed by atoms with Crippen LogP contribution in [0.25, 0.3) is 0 Å². The highest BCUT2D eigenvalue weighted by atomic mass is 35.5. The summed E-state index contributed by atoms with van der Waals surface area (Å²) in [6.07, 6.45) is 4.49. The molecule has 0 N–H and O–H groups in total. The lowest BCUT2D eigenvalue weighted by Gasteiger charge is -2.18. The zero-order chi connectivity index (χ0) is 12.0. The third-order valence-corrected chi connectivity index (χ3v) is 2.73. The fourth-order valence-corrected chi connectivity index (χ4v) is 1.71. The van der Waals surface area contributed by atoms with E-state index in [0.29, 0.717) is 5.15 Å². The van der Waals surface area contributed by atoms with Gasteiger partial charge in [0.1, 0.15) is 16.8 Å². The zero-order valence-corrected chi connectivity index (χ0v) is 11.1. The van der Waals surface area contributed by atoms with E-state index in [4.69, 9.17) is 11.6 Å². The lowest BCUT2D eigenvalue weighted by atomic mass is 10.2. The molecule has 1 aromatic rings. The number of anilines is 1. The van der Waals surface area contributed by atoms with Crippen molar-refractivity contribution in [2.24, 2.45) is 0 Å². The molecular formula is C12H20ClN3. The summed E-state index contributed by atoms with van der Waals surface area (Å²) in [5.74, 6) is 1.73. The van der Waals surface area contributed by atoms with E-state index >= 15 is 0 Å². The molecule has 0 aliphatic heterocycles. The molecule has 0 aromatic carbocycles. The fourth-order valence-electron chi connectivity index (χ4n) is 1.52. The Kier molecular flexibility index (Phi) is 5.53. The highest BCUT2D eigenvalue weighted by Crippen LogP contribution is 2.15. The van der Waals surface area contributed by atoms with Crippen LogP contribution < -0.4 is 4.90 Å². The van der Waals surface area contributed by atoms with Crippen molar-refractivity contribution in [3.05, 3.63) is 17.0 Å². The van der Waals surface area contributed by atoms with Gasteiger partial charge in [-0.15, -0.1) is 0 Å². The molecular weight excluding hydrogens is 222 g/mol. The van der Waals surface area contributed by atoms with E-state index in [9.17, 15) is 0 Å². The second-order valence-electron chi connectivity index (χ2n) is 3.95. The summed E-state index contributed by atoms with van der Waals surface area (Å²) in [6, 6.07) is 1.83. The average Bonchev–Trinajstić information content (AvgIpc) is 2.28. The van der Waals surface area contributed by atoms with Gasteiger partial charge < -0.3 is 4.90 Å². The van der Waals surface area contributed by atoms with Crippen molar-refractivity contribution in [1.82, 2.24) is 9.97 Å². The third-order valence-electron chi connectivity index (χ3n) is 2.53. The van der Waals surface area contributed by atoms with E-state index in [1.807, 2.05) is 20.0 Å². The predicted octanol–water partition coefficient (Wildman–Crippen LogP) is 3.32. The van der Waals surface area contributed by atoms with Crippen LogP contribution in [0, 0.1) is 0 Å². The Hall–Kier alpha value is -0.830. The van der Waals surface area contributed by atoms with Crippen LogP contribution in [0.1, 0.15) is 38.9 Å². The highest BCUT2D eigenvalue weighted by molar-refractivity contribution is 6.29. The van der Waals surface area contributed by atoms with Crippen molar-refractivity contribution in [2.45, 2.75) is 39.5 Å². The van der Waals surface area contributed by atoms with Crippen molar-refractivity contribution < 1.29 is 0 Å². The van der Waals surface area contributed by atoms with E-state index in [1.54, 1.807) is 0 Å². The van der Waals surface area contributed by atoms with E-state index in [0.717, 1.165) is 24.6 Å². The molecule has 0 spiro atoms. The molecule has 0 saturated carbocycles. The fraction of sp³-hybridized carbons (Fsp3) is 0.667. The maximum atomic E-state index is 5.96. The zero-order valence-electron chi connectivity index (χ0n) is 10.3. The summed E-state index contributed by atoms with van der Waals surface area (Å²) in [5, 5.41) is 0.532. The largest absolute Gasteiger partial charge is 0.360 e. The van der Waals surface area contributed by atoms with E-state index in [-0.39, 0.29) is 0 Å². The van der Waals surface area contributed by atoms with E-state index in [2.05, 4.69) is 21.8 Å². The topological polar surface area (TPSA) is 29.0 Å². The summed E-state index contributed by atoms with van der Waals surface area (Å²) < 4.78 is 0. The number of hydrogen-bond donors (Lipinski definition) is 0. The Labute approximate surface area is 103 Å². The number of halogens is 1. The SMILES string of the molecule is CCCCCN(C)c1cc(Cl)nc(CC)n1. The molecule has 0 radical (unpaired) electrons. The second-order valence-corrected chi connectivity index (χ2v) is 4.33. The van der Waals surface area contributed by atoms with Crippen LogP contribution in [0.15, 0.2) is 6.07 Å². The van der Waals surface area contributed by atoms with Crippen LogP contribution in [0.5, 0.6) is 0 Å². The lowest BCUT2D eigenvalue weighted by molar-refractivity contribution is 0.699. The smallest absolute Gasteiger partial charge is 0.134 e. The van der Waals surface area contributed by atoms with Gasteiger partial charge in [0.2, 0.25) is 0 Å². The number of nitrogens with zero attached hydrogens (tertiary/aromatic N) is 3. The van der Waals surface area contributed by atoms with Crippen LogP contribution in [-0.4, -0.2) is 23.6 Å². The molecule has 0 saturated heterocycles. The van der Waals surface area contributed by atoms with Crippen LogP contribution in [0.3, 0.4) is 0 Å². The number of hydrogen-bond acceptors (Lipinski definition) is 3. The van der Waals surface area contributed by atoms with Gasteiger partial charge in [-0.3, -0.25) is 0 Å². The molecule has 4 heteroatoms. The molecule has 1 aromatic heterocycles. The molecule has 0 aliphatic rings. The molecule has 1 rings (SSSR count). The molecule has 0 fully saturated rings. The molecule has 0 bridgehead atoms. The molecule has 90 valence electrons. The van der Waals surface area contributed by atoms with Crippen molar-refractivity contribution >= 4 is 17.4 Å². The Morgan fingerprint density at radius 2 is 2.00 bits per heavy atom. The second kappa shape index (κ2) is 6.69. The average molecular weight is 242 g/mol. The normalized spacial score (nSPS) is 10.5. The summed E-state index contributed by atoms with van der Waals surface area (Å²) in [5.41, 5.74) is 0. The highest BCUT2D eigenvalue weighted by Gasteiger charge is 2.06. The molecule has 0 aliphatic carbocycles. The van der Waals surface area contributed by atoms with Gasteiger partial charge in [0.15, 0.2) is 0 Å². The quantitative estimate of drug-likeness (QED) is 0.565. The third kappa shape index (κ3) is 3.97. The Morgan fingerprint density at radius 3 is 2.62 bits per heavy atom. The van der Waals surface area contributed by atoms with Gasteiger partial charge in [-0.05, 0) is 6.42 Å². The summed E-state index contributed by atoms with van der Waals surface area (Å²) in [4.78, 5) is 10.8. The van der Waals surface area contributed by atoms with E-state index < -0.39 is 0 Å². The summed E-state index contributed by atoms with van der Waals surface area (Å²) in [6.45, 7) is 5.26. The molecule has 0 unspecified atom stereocenters. The minimum atomic E-state index is 0.532. The van der Waals surface area contributed by atoms with Gasteiger partial charge >= 0.3 is 0 Å². The molecule has 16 heavy (non-hydrogen) atoms. The van der Waals surface area contributed by atoms with Gasteiger partial charge in [0.25, 0.3) is 0 Å². The Bertz CT molecular complexity index is 328. The van der Waals surface area contributed by atoms with Gasteiger partial charge in [0.05, 0.1) is 0 Å².